The summed E-state index contributed by atoms with van der Waals surface area (Å²) in [5, 5.41) is 4.09. The van der Waals surface area contributed by atoms with E-state index in [2.05, 4.69) is 15.5 Å². The number of carbonyl (C=O) groups is 3. The first kappa shape index (κ1) is 18.7. The van der Waals surface area contributed by atoms with E-state index in [1.807, 2.05) is 0 Å². The van der Waals surface area contributed by atoms with Gasteiger partial charge in [0.1, 0.15) is 0 Å². The summed E-state index contributed by atoms with van der Waals surface area (Å²) < 4.78 is 15.1. The van der Waals surface area contributed by atoms with E-state index < -0.39 is 11.9 Å². The molecule has 27 heavy (non-hydrogen) atoms. The average Bonchev–Trinajstić information content (AvgIpc) is 3.37. The lowest BCUT2D eigenvalue weighted by molar-refractivity contribution is -0.139. The van der Waals surface area contributed by atoms with Gasteiger partial charge in [-0.3, -0.25) is 9.59 Å². The minimum absolute atomic E-state index is 0.133. The van der Waals surface area contributed by atoms with Crippen LogP contribution in [0.15, 0.2) is 10.7 Å². The monoisotopic (exact) mass is 375 g/mol. The second kappa shape index (κ2) is 7.65. The molecule has 0 unspecified atom stereocenters. The second-order valence-electron chi connectivity index (χ2n) is 6.17. The quantitative estimate of drug-likeness (QED) is 0.546. The molecule has 2 aliphatic rings. The minimum atomic E-state index is -0.647. The lowest BCUT2D eigenvalue weighted by Crippen LogP contribution is -2.14. The van der Waals surface area contributed by atoms with Crippen LogP contribution in [0.4, 0.5) is 0 Å². The number of aromatic nitrogens is 1. The molecule has 1 fully saturated rings. The van der Waals surface area contributed by atoms with Crippen molar-refractivity contribution in [2.45, 2.75) is 26.2 Å². The molecule has 1 aliphatic carbocycles. The Hall–Kier alpha value is -3.10. The fourth-order valence-electron chi connectivity index (χ4n) is 2.93. The summed E-state index contributed by atoms with van der Waals surface area (Å²) >= 11 is 0. The van der Waals surface area contributed by atoms with Gasteiger partial charge in [-0.25, -0.2) is 10.2 Å². The summed E-state index contributed by atoms with van der Waals surface area (Å²) in [5.74, 6) is -1.01. The second-order valence-corrected chi connectivity index (χ2v) is 6.17. The fraction of sp³-hybridized carbons (Fsp3) is 0.444. The van der Waals surface area contributed by atoms with E-state index in [0.29, 0.717) is 29.1 Å². The molecule has 1 aromatic heterocycles. The van der Waals surface area contributed by atoms with E-state index in [-0.39, 0.29) is 29.7 Å². The van der Waals surface area contributed by atoms with Crippen LogP contribution in [0.2, 0.25) is 0 Å². The number of carbonyl (C=O) groups excluding carboxylic acids is 3. The molecule has 1 amide bonds. The Bertz CT molecular complexity index is 848. The molecule has 1 aliphatic heterocycles. The number of aromatic amines is 1. The number of ether oxygens (including phenoxy) is 3. The zero-order valence-corrected chi connectivity index (χ0v) is 15.4. The Labute approximate surface area is 155 Å². The third kappa shape index (κ3) is 3.71. The Morgan fingerprint density at radius 1 is 1.26 bits per heavy atom. The van der Waals surface area contributed by atoms with Crippen molar-refractivity contribution >= 4 is 29.6 Å². The van der Waals surface area contributed by atoms with Gasteiger partial charge in [0.05, 0.1) is 49.8 Å². The average molecular weight is 375 g/mol. The van der Waals surface area contributed by atoms with Crippen molar-refractivity contribution in [3.8, 4) is 5.88 Å². The Kier molecular flexibility index (Phi) is 5.29. The van der Waals surface area contributed by atoms with Crippen LogP contribution in [0.1, 0.15) is 41.4 Å². The predicted molar refractivity (Wildman–Crippen MR) is 95.3 cm³/mol. The maximum Gasteiger partial charge on any atom is 0.340 e. The van der Waals surface area contributed by atoms with E-state index in [4.69, 9.17) is 14.2 Å². The van der Waals surface area contributed by atoms with E-state index in [1.165, 1.54) is 14.2 Å². The van der Waals surface area contributed by atoms with Gasteiger partial charge in [0.2, 0.25) is 0 Å². The van der Waals surface area contributed by atoms with Crippen molar-refractivity contribution < 1.29 is 28.6 Å². The fourth-order valence-corrected chi connectivity index (χ4v) is 2.93. The highest BCUT2D eigenvalue weighted by atomic mass is 16.5. The molecule has 0 spiro atoms. The molecule has 3 rings (SSSR count). The van der Waals surface area contributed by atoms with E-state index >= 15 is 0 Å². The summed E-state index contributed by atoms with van der Waals surface area (Å²) in [6.45, 7) is 2.10. The maximum atomic E-state index is 12.4. The molecule has 0 atom stereocenters. The number of rotatable bonds is 7. The number of hydrogen-bond acceptors (Lipinski definition) is 7. The van der Waals surface area contributed by atoms with E-state index in [9.17, 15) is 14.4 Å². The van der Waals surface area contributed by atoms with Crippen LogP contribution >= 0.6 is 0 Å². The lowest BCUT2D eigenvalue weighted by atomic mass is 10.0. The standard InChI is InChI=1S/C18H21N3O6/c1-4-27-17-10(8-13(22)25-2)14(18(24)26-3)12(19-17)7-11-15(9-5-6-9)20-21-16(11)23/h7,9,19H,4-6,8H2,1-3H3,(H,21,23)/b11-7+. The van der Waals surface area contributed by atoms with Gasteiger partial charge in [-0.05, 0) is 25.8 Å². The Morgan fingerprint density at radius 2 is 2.00 bits per heavy atom. The zero-order chi connectivity index (χ0) is 19.6. The third-order valence-electron chi connectivity index (χ3n) is 4.37. The highest BCUT2D eigenvalue weighted by molar-refractivity contribution is 6.28. The number of amides is 1. The van der Waals surface area contributed by atoms with Crippen molar-refractivity contribution in [1.82, 2.24) is 10.4 Å². The summed E-state index contributed by atoms with van der Waals surface area (Å²) in [7, 11) is 2.51. The number of hydrazone groups is 1. The molecular weight excluding hydrogens is 354 g/mol. The number of nitrogens with one attached hydrogen (secondary N) is 2. The van der Waals surface area contributed by atoms with Crippen LogP contribution in [-0.4, -0.2) is 49.4 Å². The number of nitrogens with zero attached hydrogens (tertiary/aromatic N) is 1. The van der Waals surface area contributed by atoms with Crippen LogP contribution in [-0.2, 0) is 25.5 Å². The summed E-state index contributed by atoms with van der Waals surface area (Å²) in [4.78, 5) is 39.4. The van der Waals surface area contributed by atoms with Gasteiger partial charge in [-0.2, -0.15) is 5.10 Å². The van der Waals surface area contributed by atoms with Gasteiger partial charge in [-0.1, -0.05) is 0 Å². The molecule has 0 bridgehead atoms. The molecule has 2 N–H and O–H groups in total. The highest BCUT2D eigenvalue weighted by Crippen LogP contribution is 2.36. The molecular formula is C18H21N3O6. The van der Waals surface area contributed by atoms with Gasteiger partial charge in [0, 0.05) is 11.5 Å². The molecule has 2 heterocycles. The predicted octanol–water partition coefficient (Wildman–Crippen LogP) is 1.19. The summed E-state index contributed by atoms with van der Waals surface area (Å²) in [6.07, 6.45) is 3.32. The van der Waals surface area contributed by atoms with Crippen molar-refractivity contribution in [2.75, 3.05) is 20.8 Å². The summed E-state index contributed by atoms with van der Waals surface area (Å²) in [5.41, 5.74) is 4.30. The Balaban J connectivity index is 2.10. The molecule has 9 nitrogen and oxygen atoms in total. The minimum Gasteiger partial charge on any atom is -0.479 e. The number of hydrogen-bond donors (Lipinski definition) is 2. The Morgan fingerprint density at radius 3 is 2.59 bits per heavy atom. The molecule has 0 saturated heterocycles. The van der Waals surface area contributed by atoms with E-state index in [0.717, 1.165) is 12.8 Å². The van der Waals surface area contributed by atoms with Crippen LogP contribution in [0.25, 0.3) is 6.08 Å². The first-order chi connectivity index (χ1) is 13.0. The maximum absolute atomic E-state index is 12.4. The number of H-pyrrole nitrogens is 1. The summed E-state index contributed by atoms with van der Waals surface area (Å²) in [6, 6.07) is 0. The first-order valence-electron chi connectivity index (χ1n) is 8.62. The molecule has 144 valence electrons. The van der Waals surface area contributed by atoms with Crippen molar-refractivity contribution in [3.05, 3.63) is 22.4 Å². The van der Waals surface area contributed by atoms with Crippen molar-refractivity contribution in [3.63, 3.8) is 0 Å². The van der Waals surface area contributed by atoms with Gasteiger partial charge in [-0.15, -0.1) is 0 Å². The lowest BCUT2D eigenvalue weighted by Gasteiger charge is -2.06. The first-order valence-corrected chi connectivity index (χ1v) is 8.62. The molecule has 1 saturated carbocycles. The molecule has 9 heteroatoms. The van der Waals surface area contributed by atoms with Crippen molar-refractivity contribution in [2.24, 2.45) is 11.0 Å². The molecule has 0 radical (unpaired) electrons. The third-order valence-corrected chi connectivity index (χ3v) is 4.37. The largest absolute Gasteiger partial charge is 0.479 e. The van der Waals surface area contributed by atoms with E-state index in [1.54, 1.807) is 13.0 Å². The van der Waals surface area contributed by atoms with Gasteiger partial charge in [0.25, 0.3) is 5.91 Å². The van der Waals surface area contributed by atoms with Crippen LogP contribution in [0, 0.1) is 5.92 Å². The van der Waals surface area contributed by atoms with Gasteiger partial charge >= 0.3 is 11.9 Å². The SMILES string of the molecule is CCOc1[nH]c(/C=C2/C(=O)NN=C2C2CC2)c(C(=O)OC)c1CC(=O)OC. The normalized spacial score (nSPS) is 17.5. The smallest absolute Gasteiger partial charge is 0.340 e. The van der Waals surface area contributed by atoms with Crippen LogP contribution < -0.4 is 10.2 Å². The topological polar surface area (TPSA) is 119 Å². The van der Waals surface area contributed by atoms with Crippen molar-refractivity contribution in [1.29, 1.82) is 0 Å². The number of methoxy groups -OCH3 is 2. The van der Waals surface area contributed by atoms with Gasteiger partial charge in [0.15, 0.2) is 5.88 Å². The molecule has 1 aromatic rings. The van der Waals surface area contributed by atoms with Gasteiger partial charge < -0.3 is 19.2 Å². The number of esters is 2. The zero-order valence-electron chi connectivity index (χ0n) is 15.4. The molecule has 0 aromatic carbocycles. The highest BCUT2D eigenvalue weighted by Gasteiger charge is 2.36. The van der Waals surface area contributed by atoms with Crippen LogP contribution in [0.3, 0.4) is 0 Å². The van der Waals surface area contributed by atoms with Crippen LogP contribution in [0.5, 0.6) is 5.88 Å².